The fourth-order valence-electron chi connectivity index (χ4n) is 2.19. The Morgan fingerprint density at radius 1 is 1.13 bits per heavy atom. The molecule has 0 heterocycles. The minimum atomic E-state index is -0.676. The molecule has 1 aliphatic carbocycles. The summed E-state index contributed by atoms with van der Waals surface area (Å²) in [4.78, 5) is 10.3. The minimum Gasteiger partial charge on any atom is -0.481 e. The summed E-state index contributed by atoms with van der Waals surface area (Å²) in [6, 6.07) is 0.692. The summed E-state index contributed by atoms with van der Waals surface area (Å²) in [6.07, 6.45) is 10.2. The molecule has 3 heteroatoms. The van der Waals surface area contributed by atoms with E-state index in [2.05, 4.69) is 5.32 Å². The topological polar surface area (TPSA) is 49.3 Å². The van der Waals surface area contributed by atoms with Crippen molar-refractivity contribution in [3.8, 4) is 0 Å². The summed E-state index contributed by atoms with van der Waals surface area (Å²) in [5, 5.41) is 12.0. The maximum atomic E-state index is 10.3. The van der Waals surface area contributed by atoms with E-state index in [1.165, 1.54) is 38.5 Å². The smallest absolute Gasteiger partial charge is 0.303 e. The lowest BCUT2D eigenvalue weighted by molar-refractivity contribution is -0.137. The van der Waals surface area contributed by atoms with Gasteiger partial charge in [-0.1, -0.05) is 25.7 Å². The Labute approximate surface area is 92.3 Å². The number of carboxylic acids is 1. The highest BCUT2D eigenvalue weighted by atomic mass is 16.4. The SMILES string of the molecule is O=C(O)CCCCNC1CCCCCC1. The van der Waals surface area contributed by atoms with E-state index in [-0.39, 0.29) is 0 Å². The first-order valence-corrected chi connectivity index (χ1v) is 6.24. The third-order valence-electron chi connectivity index (χ3n) is 3.11. The number of hydrogen-bond acceptors (Lipinski definition) is 2. The summed E-state index contributed by atoms with van der Waals surface area (Å²) in [6.45, 7) is 0.984. The van der Waals surface area contributed by atoms with E-state index in [4.69, 9.17) is 5.11 Å². The van der Waals surface area contributed by atoms with Gasteiger partial charge in [0.25, 0.3) is 0 Å². The molecule has 0 spiro atoms. The van der Waals surface area contributed by atoms with Crippen molar-refractivity contribution in [1.29, 1.82) is 0 Å². The summed E-state index contributed by atoms with van der Waals surface area (Å²) >= 11 is 0. The van der Waals surface area contributed by atoms with E-state index in [9.17, 15) is 4.79 Å². The van der Waals surface area contributed by atoms with E-state index in [0.717, 1.165) is 19.4 Å². The van der Waals surface area contributed by atoms with Gasteiger partial charge in [-0.25, -0.2) is 0 Å². The Morgan fingerprint density at radius 2 is 1.80 bits per heavy atom. The minimum absolute atomic E-state index is 0.312. The third-order valence-corrected chi connectivity index (χ3v) is 3.11. The van der Waals surface area contributed by atoms with Crippen LogP contribution in [0.5, 0.6) is 0 Å². The molecular weight excluding hydrogens is 190 g/mol. The first-order chi connectivity index (χ1) is 7.29. The molecule has 0 aromatic heterocycles. The predicted molar refractivity (Wildman–Crippen MR) is 61.0 cm³/mol. The van der Waals surface area contributed by atoms with Gasteiger partial charge in [0.15, 0.2) is 0 Å². The van der Waals surface area contributed by atoms with Crippen molar-refractivity contribution in [2.45, 2.75) is 63.8 Å². The van der Waals surface area contributed by atoms with Crippen molar-refractivity contribution in [2.24, 2.45) is 0 Å². The number of carbonyl (C=O) groups is 1. The van der Waals surface area contributed by atoms with Crippen LogP contribution in [0.25, 0.3) is 0 Å². The normalized spacial score (nSPS) is 18.7. The average Bonchev–Trinajstić information content (AvgIpc) is 2.45. The fourth-order valence-corrected chi connectivity index (χ4v) is 2.19. The molecule has 0 aliphatic heterocycles. The molecule has 0 radical (unpaired) electrons. The Balaban J connectivity index is 1.96. The van der Waals surface area contributed by atoms with E-state index in [1.54, 1.807) is 0 Å². The lowest BCUT2D eigenvalue weighted by Crippen LogP contribution is -2.29. The van der Waals surface area contributed by atoms with Crippen molar-refractivity contribution >= 4 is 5.97 Å². The van der Waals surface area contributed by atoms with E-state index >= 15 is 0 Å². The van der Waals surface area contributed by atoms with Crippen LogP contribution in [0.4, 0.5) is 0 Å². The van der Waals surface area contributed by atoms with Gasteiger partial charge in [-0.3, -0.25) is 4.79 Å². The van der Waals surface area contributed by atoms with Crippen molar-refractivity contribution in [2.75, 3.05) is 6.54 Å². The number of aliphatic carboxylic acids is 1. The van der Waals surface area contributed by atoms with Crippen LogP contribution in [-0.2, 0) is 4.79 Å². The zero-order valence-electron chi connectivity index (χ0n) is 9.50. The Hall–Kier alpha value is -0.570. The lowest BCUT2D eigenvalue weighted by Gasteiger charge is -2.15. The second-order valence-electron chi connectivity index (χ2n) is 4.49. The highest BCUT2D eigenvalue weighted by molar-refractivity contribution is 5.66. The quantitative estimate of drug-likeness (QED) is 0.526. The van der Waals surface area contributed by atoms with Gasteiger partial charge in [0, 0.05) is 12.5 Å². The maximum absolute atomic E-state index is 10.3. The molecule has 88 valence electrons. The molecule has 0 bridgehead atoms. The average molecular weight is 213 g/mol. The molecule has 15 heavy (non-hydrogen) atoms. The molecule has 0 amide bonds. The van der Waals surface area contributed by atoms with Gasteiger partial charge in [0.2, 0.25) is 0 Å². The standard InChI is InChI=1S/C12H23NO2/c14-12(15)9-5-6-10-13-11-7-3-1-2-4-8-11/h11,13H,1-10H2,(H,14,15). The zero-order chi connectivity index (χ0) is 10.9. The second kappa shape index (κ2) is 7.69. The molecule has 1 fully saturated rings. The first-order valence-electron chi connectivity index (χ1n) is 6.24. The zero-order valence-corrected chi connectivity index (χ0v) is 9.50. The molecule has 3 nitrogen and oxygen atoms in total. The lowest BCUT2D eigenvalue weighted by atomic mass is 10.1. The Kier molecular flexibility index (Phi) is 6.41. The maximum Gasteiger partial charge on any atom is 0.303 e. The van der Waals surface area contributed by atoms with Crippen molar-refractivity contribution in [3.63, 3.8) is 0 Å². The Bertz CT molecular complexity index is 174. The van der Waals surface area contributed by atoms with Crippen molar-refractivity contribution < 1.29 is 9.90 Å². The van der Waals surface area contributed by atoms with Gasteiger partial charge in [-0.05, 0) is 32.2 Å². The van der Waals surface area contributed by atoms with Crippen LogP contribution in [0.3, 0.4) is 0 Å². The number of carboxylic acid groups (broad SMARTS) is 1. The second-order valence-corrected chi connectivity index (χ2v) is 4.49. The monoisotopic (exact) mass is 213 g/mol. The highest BCUT2D eigenvalue weighted by Gasteiger charge is 2.10. The molecular formula is C12H23NO2. The fraction of sp³-hybridized carbons (Fsp3) is 0.917. The van der Waals surface area contributed by atoms with Crippen LogP contribution in [0.2, 0.25) is 0 Å². The first kappa shape index (κ1) is 12.5. The van der Waals surface area contributed by atoms with Gasteiger partial charge in [0.05, 0.1) is 0 Å². The van der Waals surface area contributed by atoms with Crippen LogP contribution in [0.1, 0.15) is 57.8 Å². The van der Waals surface area contributed by atoms with Gasteiger partial charge in [-0.2, -0.15) is 0 Å². The molecule has 0 unspecified atom stereocenters. The van der Waals surface area contributed by atoms with E-state index < -0.39 is 5.97 Å². The van der Waals surface area contributed by atoms with Crippen LogP contribution >= 0.6 is 0 Å². The van der Waals surface area contributed by atoms with Crippen LogP contribution < -0.4 is 5.32 Å². The number of hydrogen-bond donors (Lipinski definition) is 2. The summed E-state index contributed by atoms with van der Waals surface area (Å²) in [5.74, 6) is -0.676. The number of nitrogens with one attached hydrogen (secondary N) is 1. The molecule has 1 aliphatic rings. The predicted octanol–water partition coefficient (Wildman–Crippen LogP) is 2.55. The van der Waals surface area contributed by atoms with Gasteiger partial charge >= 0.3 is 5.97 Å². The molecule has 1 rings (SSSR count). The summed E-state index contributed by atoms with van der Waals surface area (Å²) < 4.78 is 0. The van der Waals surface area contributed by atoms with Gasteiger partial charge in [-0.15, -0.1) is 0 Å². The molecule has 2 N–H and O–H groups in total. The van der Waals surface area contributed by atoms with Crippen LogP contribution in [-0.4, -0.2) is 23.7 Å². The number of unbranched alkanes of at least 4 members (excludes halogenated alkanes) is 1. The third kappa shape index (κ3) is 6.50. The Morgan fingerprint density at radius 3 is 2.40 bits per heavy atom. The molecule has 0 saturated heterocycles. The van der Waals surface area contributed by atoms with Crippen molar-refractivity contribution in [3.05, 3.63) is 0 Å². The van der Waals surface area contributed by atoms with E-state index in [0.29, 0.717) is 12.5 Å². The highest BCUT2D eigenvalue weighted by Crippen LogP contribution is 2.17. The van der Waals surface area contributed by atoms with Crippen molar-refractivity contribution in [1.82, 2.24) is 5.32 Å². The van der Waals surface area contributed by atoms with Gasteiger partial charge in [0.1, 0.15) is 0 Å². The van der Waals surface area contributed by atoms with E-state index in [1.807, 2.05) is 0 Å². The summed E-state index contributed by atoms with van der Waals surface area (Å²) in [5.41, 5.74) is 0. The number of rotatable bonds is 6. The molecule has 0 aromatic rings. The summed E-state index contributed by atoms with van der Waals surface area (Å²) in [7, 11) is 0. The molecule has 0 atom stereocenters. The molecule has 1 saturated carbocycles. The van der Waals surface area contributed by atoms with Gasteiger partial charge < -0.3 is 10.4 Å². The largest absolute Gasteiger partial charge is 0.481 e. The molecule has 0 aromatic carbocycles. The van der Waals surface area contributed by atoms with Crippen LogP contribution in [0, 0.1) is 0 Å². The van der Waals surface area contributed by atoms with Crippen LogP contribution in [0.15, 0.2) is 0 Å².